The lowest BCUT2D eigenvalue weighted by Crippen LogP contribution is -2.18. The van der Waals surface area contributed by atoms with Crippen LogP contribution < -0.4 is 4.52 Å². The van der Waals surface area contributed by atoms with Gasteiger partial charge in [-0.2, -0.15) is 4.76 Å². The van der Waals surface area contributed by atoms with Crippen molar-refractivity contribution in [2.24, 2.45) is 4.76 Å². The van der Waals surface area contributed by atoms with Gasteiger partial charge in [-0.1, -0.05) is 15.9 Å². The highest BCUT2D eigenvalue weighted by Crippen LogP contribution is 2.52. The average molecular weight is 459 g/mol. The van der Waals surface area contributed by atoms with E-state index < -0.39 is 24.7 Å². The van der Waals surface area contributed by atoms with Gasteiger partial charge in [0, 0.05) is 15.8 Å². The number of allylic oxidation sites excluding steroid dienone is 1. The van der Waals surface area contributed by atoms with Crippen molar-refractivity contribution in [2.75, 3.05) is 7.11 Å². The molecule has 0 spiro atoms. The van der Waals surface area contributed by atoms with Gasteiger partial charge in [0.25, 0.3) is 0 Å². The SMILES string of the molecule is COC(=O)C(C)=NP(=O)(OC1=CCC([N+](=O)[O-])C=C1)Oc1ccc(Br)cc1. The van der Waals surface area contributed by atoms with Crippen LogP contribution in [0, 0.1) is 10.1 Å². The Morgan fingerprint density at radius 2 is 2.00 bits per heavy atom. The fourth-order valence-corrected chi connectivity index (χ4v) is 3.63. The van der Waals surface area contributed by atoms with Gasteiger partial charge in [-0.15, -0.1) is 0 Å². The summed E-state index contributed by atoms with van der Waals surface area (Å²) in [6, 6.07) is 5.52. The molecule has 27 heavy (non-hydrogen) atoms. The van der Waals surface area contributed by atoms with Crippen LogP contribution in [0.1, 0.15) is 13.3 Å². The lowest BCUT2D eigenvalue weighted by Gasteiger charge is -2.18. The number of nitrogens with zero attached hydrogens (tertiary/aromatic N) is 2. The molecule has 0 fully saturated rings. The van der Waals surface area contributed by atoms with Crippen LogP contribution in [0.25, 0.3) is 0 Å². The van der Waals surface area contributed by atoms with Gasteiger partial charge in [-0.25, -0.2) is 9.36 Å². The normalized spacial score (nSPS) is 18.9. The largest absolute Gasteiger partial charge is 0.563 e. The van der Waals surface area contributed by atoms with Gasteiger partial charge in [-0.05, 0) is 49.4 Å². The maximum Gasteiger partial charge on any atom is 0.563 e. The molecule has 1 aliphatic carbocycles. The average Bonchev–Trinajstić information content (AvgIpc) is 2.63. The quantitative estimate of drug-likeness (QED) is 0.198. The maximum atomic E-state index is 13.1. The minimum absolute atomic E-state index is 0.0663. The molecule has 0 saturated carbocycles. The van der Waals surface area contributed by atoms with Crippen molar-refractivity contribution in [1.82, 2.24) is 0 Å². The van der Waals surface area contributed by atoms with Crippen LogP contribution in [0.2, 0.25) is 0 Å². The molecule has 2 unspecified atom stereocenters. The number of hydrogen-bond acceptors (Lipinski definition) is 7. The number of methoxy groups -OCH3 is 1. The summed E-state index contributed by atoms with van der Waals surface area (Å²) in [6.45, 7) is 1.31. The number of ether oxygens (including phenoxy) is 1. The number of carbonyl (C=O) groups is 1. The van der Waals surface area contributed by atoms with Crippen LogP contribution >= 0.6 is 23.7 Å². The first-order valence-electron chi connectivity index (χ1n) is 7.64. The monoisotopic (exact) mass is 458 g/mol. The molecule has 0 aliphatic heterocycles. The van der Waals surface area contributed by atoms with E-state index in [1.165, 1.54) is 37.3 Å². The molecular weight excluding hydrogens is 443 g/mol. The number of halogens is 1. The molecular formula is C16H16BrN2O7P. The Morgan fingerprint density at radius 3 is 2.52 bits per heavy atom. The van der Waals surface area contributed by atoms with Crippen LogP contribution in [-0.2, 0) is 18.6 Å². The van der Waals surface area contributed by atoms with Crippen LogP contribution in [0.3, 0.4) is 0 Å². The smallest absolute Gasteiger partial charge is 0.465 e. The zero-order valence-electron chi connectivity index (χ0n) is 14.4. The first-order valence-corrected chi connectivity index (χ1v) is 9.93. The lowest BCUT2D eigenvalue weighted by atomic mass is 10.1. The number of benzene rings is 1. The topological polar surface area (TPSA) is 117 Å². The predicted molar refractivity (Wildman–Crippen MR) is 101 cm³/mol. The Bertz CT molecular complexity index is 864. The number of rotatable bonds is 7. The molecule has 144 valence electrons. The second-order valence-corrected chi connectivity index (χ2v) is 7.75. The van der Waals surface area contributed by atoms with Crippen LogP contribution in [0.4, 0.5) is 0 Å². The van der Waals surface area contributed by atoms with Crippen LogP contribution in [0.15, 0.2) is 57.5 Å². The van der Waals surface area contributed by atoms with Gasteiger partial charge in [-0.3, -0.25) is 10.1 Å². The highest BCUT2D eigenvalue weighted by Gasteiger charge is 2.31. The Labute approximate surface area is 163 Å². The molecule has 2 atom stereocenters. The highest BCUT2D eigenvalue weighted by atomic mass is 79.9. The first-order chi connectivity index (χ1) is 12.7. The second-order valence-electron chi connectivity index (χ2n) is 5.34. The zero-order chi connectivity index (χ0) is 20.0. The molecule has 0 saturated heterocycles. The van der Waals surface area contributed by atoms with Gasteiger partial charge in [0.2, 0.25) is 6.04 Å². The second kappa shape index (κ2) is 8.96. The van der Waals surface area contributed by atoms with Crippen molar-refractivity contribution in [3.63, 3.8) is 0 Å². The van der Waals surface area contributed by atoms with E-state index in [4.69, 9.17) is 9.05 Å². The molecule has 0 radical (unpaired) electrons. The molecule has 0 bridgehead atoms. The van der Waals surface area contributed by atoms with Gasteiger partial charge < -0.3 is 13.8 Å². The van der Waals surface area contributed by atoms with E-state index >= 15 is 0 Å². The van der Waals surface area contributed by atoms with Crippen molar-refractivity contribution in [3.05, 3.63) is 62.8 Å². The molecule has 0 amide bonds. The van der Waals surface area contributed by atoms with E-state index in [1.54, 1.807) is 12.1 Å². The van der Waals surface area contributed by atoms with Crippen molar-refractivity contribution in [1.29, 1.82) is 0 Å². The molecule has 0 N–H and O–H groups in total. The van der Waals surface area contributed by atoms with E-state index in [2.05, 4.69) is 25.4 Å². The Hall–Kier alpha value is -2.45. The molecule has 0 heterocycles. The lowest BCUT2D eigenvalue weighted by molar-refractivity contribution is -0.508. The van der Waals surface area contributed by atoms with Gasteiger partial charge in [0.05, 0.1) is 7.11 Å². The maximum absolute atomic E-state index is 13.1. The third-order valence-corrected chi connectivity index (χ3v) is 5.28. The summed E-state index contributed by atoms with van der Waals surface area (Å²) in [4.78, 5) is 22.0. The summed E-state index contributed by atoms with van der Waals surface area (Å²) in [5.74, 6) is -0.499. The molecule has 9 nitrogen and oxygen atoms in total. The van der Waals surface area contributed by atoms with Crippen LogP contribution in [0.5, 0.6) is 5.75 Å². The fourth-order valence-electron chi connectivity index (χ4n) is 2.01. The van der Waals surface area contributed by atoms with Gasteiger partial charge in [0.15, 0.2) is 0 Å². The molecule has 0 aromatic heterocycles. The van der Waals surface area contributed by atoms with Gasteiger partial charge >= 0.3 is 13.7 Å². The number of carbonyl (C=O) groups excluding carboxylic acids is 1. The molecule has 11 heteroatoms. The minimum atomic E-state index is -4.21. The van der Waals surface area contributed by atoms with E-state index in [1.807, 2.05) is 0 Å². The van der Waals surface area contributed by atoms with Crippen molar-refractivity contribution < 1.29 is 28.1 Å². The Kier molecular flexibility index (Phi) is 6.92. The van der Waals surface area contributed by atoms with E-state index in [0.717, 1.165) is 11.6 Å². The first kappa shape index (κ1) is 20.9. The van der Waals surface area contributed by atoms with Crippen molar-refractivity contribution in [3.8, 4) is 5.75 Å². The molecule has 2 rings (SSSR count). The molecule has 1 aromatic carbocycles. The molecule has 1 aromatic rings. The third kappa shape index (κ3) is 6.04. The van der Waals surface area contributed by atoms with Crippen molar-refractivity contribution >= 4 is 35.4 Å². The van der Waals surface area contributed by atoms with E-state index in [-0.39, 0.29) is 23.6 Å². The van der Waals surface area contributed by atoms with E-state index in [0.29, 0.717) is 0 Å². The standard InChI is InChI=1S/C16H16BrN2O7P/c1-11(16(20)24-2)18-27(23,25-14-7-3-12(17)4-8-14)26-15-9-5-13(6-10-15)19(21)22/h3-5,7-10,13H,6H2,1-2H3. The highest BCUT2D eigenvalue weighted by molar-refractivity contribution is 9.10. The summed E-state index contributed by atoms with van der Waals surface area (Å²) >= 11 is 3.27. The summed E-state index contributed by atoms with van der Waals surface area (Å²) in [6.07, 6.45) is 4.11. The molecule has 1 aliphatic rings. The summed E-state index contributed by atoms with van der Waals surface area (Å²) in [5, 5.41) is 10.8. The zero-order valence-corrected chi connectivity index (χ0v) is 16.9. The number of nitro groups is 1. The minimum Gasteiger partial charge on any atom is -0.465 e. The van der Waals surface area contributed by atoms with Crippen LogP contribution in [-0.4, -0.2) is 29.8 Å². The Morgan fingerprint density at radius 1 is 1.33 bits per heavy atom. The number of hydrogen-bond donors (Lipinski definition) is 0. The fraction of sp³-hybridized carbons (Fsp3) is 0.250. The van der Waals surface area contributed by atoms with E-state index in [9.17, 15) is 19.5 Å². The Balaban J connectivity index is 2.28. The predicted octanol–water partition coefficient (Wildman–Crippen LogP) is 4.08. The third-order valence-electron chi connectivity index (χ3n) is 3.32. The summed E-state index contributed by atoms with van der Waals surface area (Å²) in [5.41, 5.74) is -0.207. The van der Waals surface area contributed by atoms with Gasteiger partial charge in [0.1, 0.15) is 17.2 Å². The van der Waals surface area contributed by atoms with Crippen molar-refractivity contribution in [2.45, 2.75) is 19.4 Å². The summed E-state index contributed by atoms with van der Waals surface area (Å²) in [7, 11) is -3.05. The number of esters is 1. The summed E-state index contributed by atoms with van der Waals surface area (Å²) < 4.78 is 33.0.